The Kier molecular flexibility index (Phi) is 3.57. The largest absolute Gasteiger partial charge is 0.342 e. The third kappa shape index (κ3) is 2.61. The second-order valence-corrected chi connectivity index (χ2v) is 3.65. The number of para-hydroxylation sites is 1. The van der Waals surface area contributed by atoms with E-state index in [0.717, 1.165) is 11.3 Å². The molecule has 2 aromatic carbocycles. The van der Waals surface area contributed by atoms with E-state index in [1.807, 2.05) is 65.6 Å². The maximum Gasteiger partial charge on any atom is 0.154 e. The lowest BCUT2D eigenvalue weighted by atomic mass is 10.2. The number of anilines is 1. The van der Waals surface area contributed by atoms with Crippen LogP contribution >= 0.6 is 0 Å². The van der Waals surface area contributed by atoms with Crippen molar-refractivity contribution in [3.05, 3.63) is 66.2 Å². The molecule has 0 saturated heterocycles. The van der Waals surface area contributed by atoms with Gasteiger partial charge in [-0.3, -0.25) is 0 Å². The maximum atomic E-state index is 11.2. The molecular formula is C14H14NO. The summed E-state index contributed by atoms with van der Waals surface area (Å²) in [5.74, 6) is 0. The number of hydrogen-bond acceptors (Lipinski definition) is 1. The molecule has 0 aliphatic rings. The van der Waals surface area contributed by atoms with Gasteiger partial charge in [-0.1, -0.05) is 48.5 Å². The first kappa shape index (κ1) is 10.7. The maximum absolute atomic E-state index is 11.2. The molecule has 0 atom stereocenters. The molecule has 0 saturated carbocycles. The van der Waals surface area contributed by atoms with Gasteiger partial charge in [-0.25, -0.2) is 5.11 Å². The number of hydrogen-bond donors (Lipinski definition) is 0. The molecule has 2 rings (SSSR count). The van der Waals surface area contributed by atoms with Crippen LogP contribution in [0.2, 0.25) is 0 Å². The lowest BCUT2D eigenvalue weighted by Gasteiger charge is -2.21. The molecule has 0 bridgehead atoms. The third-order valence-electron chi connectivity index (χ3n) is 2.49. The molecule has 0 N–H and O–H groups in total. The van der Waals surface area contributed by atoms with Crippen LogP contribution in [0.15, 0.2) is 60.7 Å². The Hall–Kier alpha value is -1.80. The fourth-order valence-electron chi connectivity index (χ4n) is 1.65. The Morgan fingerprint density at radius 1 is 0.812 bits per heavy atom. The van der Waals surface area contributed by atoms with E-state index in [0.29, 0.717) is 6.54 Å². The standard InChI is InChI=1S/C14H14NO/c16-12-15(14-9-5-2-6-10-14)11-13-7-3-1-4-8-13/h1-10H,11-12H2. The van der Waals surface area contributed by atoms with Crippen LogP contribution in [-0.2, 0) is 11.7 Å². The minimum absolute atomic E-state index is 0.223. The zero-order valence-corrected chi connectivity index (χ0v) is 9.04. The molecule has 81 valence electrons. The summed E-state index contributed by atoms with van der Waals surface area (Å²) < 4.78 is 0. The summed E-state index contributed by atoms with van der Waals surface area (Å²) in [6.07, 6.45) is 0. The van der Waals surface area contributed by atoms with Crippen molar-refractivity contribution in [2.24, 2.45) is 0 Å². The van der Waals surface area contributed by atoms with Gasteiger partial charge in [-0.05, 0) is 17.7 Å². The van der Waals surface area contributed by atoms with E-state index in [1.165, 1.54) is 0 Å². The van der Waals surface area contributed by atoms with Crippen LogP contribution in [0.3, 0.4) is 0 Å². The van der Waals surface area contributed by atoms with E-state index >= 15 is 0 Å². The van der Waals surface area contributed by atoms with Crippen molar-refractivity contribution in [2.45, 2.75) is 6.54 Å². The van der Waals surface area contributed by atoms with Crippen molar-refractivity contribution in [3.63, 3.8) is 0 Å². The SMILES string of the molecule is [O]CN(Cc1ccccc1)c1ccccc1. The third-order valence-corrected chi connectivity index (χ3v) is 2.49. The van der Waals surface area contributed by atoms with Crippen molar-refractivity contribution >= 4 is 5.69 Å². The van der Waals surface area contributed by atoms with Crippen molar-refractivity contribution < 1.29 is 5.11 Å². The van der Waals surface area contributed by atoms with E-state index in [9.17, 15) is 5.11 Å². The first-order chi connectivity index (χ1) is 7.90. The zero-order valence-electron chi connectivity index (χ0n) is 9.04. The molecule has 0 aliphatic heterocycles. The van der Waals surface area contributed by atoms with Gasteiger partial charge >= 0.3 is 0 Å². The fraction of sp³-hybridized carbons (Fsp3) is 0.143. The monoisotopic (exact) mass is 212 g/mol. The zero-order chi connectivity index (χ0) is 11.2. The molecule has 0 spiro atoms. The Labute approximate surface area is 95.8 Å². The van der Waals surface area contributed by atoms with E-state index in [-0.39, 0.29) is 6.73 Å². The molecule has 0 amide bonds. The van der Waals surface area contributed by atoms with Crippen LogP contribution in [0.4, 0.5) is 5.69 Å². The van der Waals surface area contributed by atoms with Gasteiger partial charge < -0.3 is 4.90 Å². The molecular weight excluding hydrogens is 198 g/mol. The number of nitrogens with zero attached hydrogens (tertiary/aromatic N) is 1. The van der Waals surface area contributed by atoms with Gasteiger partial charge in [0.05, 0.1) is 0 Å². The normalized spacial score (nSPS) is 10.1. The van der Waals surface area contributed by atoms with E-state index in [2.05, 4.69) is 0 Å². The summed E-state index contributed by atoms with van der Waals surface area (Å²) in [4.78, 5) is 1.81. The second kappa shape index (κ2) is 5.33. The summed E-state index contributed by atoms with van der Waals surface area (Å²) in [5.41, 5.74) is 2.13. The van der Waals surface area contributed by atoms with Gasteiger partial charge in [0.1, 0.15) is 0 Å². The van der Waals surface area contributed by atoms with E-state index < -0.39 is 0 Å². The fourth-order valence-corrected chi connectivity index (χ4v) is 1.65. The first-order valence-corrected chi connectivity index (χ1v) is 5.32. The van der Waals surface area contributed by atoms with Crippen LogP contribution in [0.1, 0.15) is 5.56 Å². The minimum atomic E-state index is -0.223. The Morgan fingerprint density at radius 3 is 1.94 bits per heavy atom. The summed E-state index contributed by atoms with van der Waals surface area (Å²) in [5, 5.41) is 11.2. The Morgan fingerprint density at radius 2 is 1.38 bits per heavy atom. The summed E-state index contributed by atoms with van der Waals surface area (Å²) in [7, 11) is 0. The van der Waals surface area contributed by atoms with Crippen LogP contribution < -0.4 is 4.90 Å². The van der Waals surface area contributed by atoms with Gasteiger partial charge in [0.25, 0.3) is 0 Å². The predicted molar refractivity (Wildman–Crippen MR) is 64.6 cm³/mol. The van der Waals surface area contributed by atoms with Gasteiger partial charge in [0.15, 0.2) is 6.73 Å². The second-order valence-electron chi connectivity index (χ2n) is 3.65. The molecule has 0 fully saturated rings. The van der Waals surface area contributed by atoms with E-state index in [4.69, 9.17) is 0 Å². The highest BCUT2D eigenvalue weighted by Crippen LogP contribution is 2.15. The van der Waals surface area contributed by atoms with Crippen LogP contribution in [0.5, 0.6) is 0 Å². The topological polar surface area (TPSA) is 23.1 Å². The quantitative estimate of drug-likeness (QED) is 0.714. The van der Waals surface area contributed by atoms with Crippen molar-refractivity contribution in [3.8, 4) is 0 Å². The number of rotatable bonds is 4. The van der Waals surface area contributed by atoms with Crippen molar-refractivity contribution in [1.82, 2.24) is 0 Å². The van der Waals surface area contributed by atoms with Gasteiger partial charge in [0.2, 0.25) is 0 Å². The Balaban J connectivity index is 2.13. The average molecular weight is 212 g/mol. The molecule has 0 aromatic heterocycles. The van der Waals surface area contributed by atoms with Crippen molar-refractivity contribution in [1.29, 1.82) is 0 Å². The van der Waals surface area contributed by atoms with Gasteiger partial charge in [-0.15, -0.1) is 0 Å². The summed E-state index contributed by atoms with van der Waals surface area (Å²) in [6.45, 7) is 0.438. The number of benzene rings is 2. The molecule has 0 heterocycles. The Bertz CT molecular complexity index is 413. The molecule has 0 aliphatic carbocycles. The molecule has 2 heteroatoms. The van der Waals surface area contributed by atoms with E-state index in [1.54, 1.807) is 0 Å². The molecule has 2 nitrogen and oxygen atoms in total. The smallest absolute Gasteiger partial charge is 0.154 e. The molecule has 1 radical (unpaired) electrons. The molecule has 2 aromatic rings. The average Bonchev–Trinajstić information content (AvgIpc) is 2.38. The molecule has 16 heavy (non-hydrogen) atoms. The highest BCUT2D eigenvalue weighted by molar-refractivity contribution is 5.46. The lowest BCUT2D eigenvalue weighted by molar-refractivity contribution is 0.190. The summed E-state index contributed by atoms with van der Waals surface area (Å²) in [6, 6.07) is 19.8. The predicted octanol–water partition coefficient (Wildman–Crippen LogP) is 3.08. The van der Waals surface area contributed by atoms with Crippen molar-refractivity contribution in [2.75, 3.05) is 11.6 Å². The van der Waals surface area contributed by atoms with Crippen LogP contribution in [-0.4, -0.2) is 6.73 Å². The van der Waals surface area contributed by atoms with Gasteiger partial charge in [-0.2, -0.15) is 0 Å². The lowest BCUT2D eigenvalue weighted by Crippen LogP contribution is -2.22. The van der Waals surface area contributed by atoms with Crippen LogP contribution in [0, 0.1) is 0 Å². The molecule has 0 unspecified atom stereocenters. The first-order valence-electron chi connectivity index (χ1n) is 5.32. The highest BCUT2D eigenvalue weighted by Gasteiger charge is 2.05. The minimum Gasteiger partial charge on any atom is -0.342 e. The summed E-state index contributed by atoms with van der Waals surface area (Å²) >= 11 is 0. The van der Waals surface area contributed by atoms with Gasteiger partial charge in [0, 0.05) is 12.2 Å². The van der Waals surface area contributed by atoms with Crippen LogP contribution in [0.25, 0.3) is 0 Å². The highest BCUT2D eigenvalue weighted by atomic mass is 16.3.